The second-order valence-corrected chi connectivity index (χ2v) is 15.2. The molecule has 0 spiro atoms. The van der Waals surface area contributed by atoms with Crippen LogP contribution in [0.5, 0.6) is 0 Å². The van der Waals surface area contributed by atoms with Crippen molar-refractivity contribution >= 4 is 44.9 Å². The molecule has 0 amide bonds. The van der Waals surface area contributed by atoms with Crippen LogP contribution in [-0.4, -0.2) is 34.1 Å². The Bertz CT molecular complexity index is 3480. The smallest absolute Gasteiger partial charge is 0.166 e. The average Bonchev–Trinajstić information content (AvgIpc) is 3.86. The van der Waals surface area contributed by atoms with Crippen LogP contribution in [0.15, 0.2) is 201 Å². The molecule has 11 rings (SSSR count). The fraction of sp³-hybridized carbons (Fsp3) is 0.0179. The van der Waals surface area contributed by atoms with Crippen molar-refractivity contribution < 1.29 is 0 Å². The highest BCUT2D eigenvalue weighted by Gasteiger charge is 2.26. The van der Waals surface area contributed by atoms with E-state index in [0.717, 1.165) is 94.5 Å². The van der Waals surface area contributed by atoms with Gasteiger partial charge in [0.15, 0.2) is 17.5 Å². The van der Waals surface area contributed by atoms with Gasteiger partial charge < -0.3 is 9.13 Å². The number of benzene rings is 6. The Kier molecular flexibility index (Phi) is 9.40. The molecule has 0 saturated carbocycles. The van der Waals surface area contributed by atoms with Crippen LogP contribution in [0.1, 0.15) is 18.2 Å². The molecule has 0 aliphatic heterocycles. The standard InChI is InChI=1S/C56H39N7/c1-3-20-38-39-23-8-11-32-49(39)62(48(38)4-2)52-42(46-30-14-16-35-57-46)26-18-28-44(52)55-59-54(37-21-6-5-7-22-37)60-56(61-55)45-29-19-27-43(47-31-15-17-36-58-47)53(45)63-50-33-12-9-24-40(50)41-25-10-13-34-51(41)63/h3-36H,2H2,1H3/b20-3-. The Labute approximate surface area is 364 Å². The number of hydrogen-bond acceptors (Lipinski definition) is 5. The van der Waals surface area contributed by atoms with Gasteiger partial charge in [-0.1, -0.05) is 140 Å². The van der Waals surface area contributed by atoms with Crippen molar-refractivity contribution in [3.8, 4) is 68.1 Å². The summed E-state index contributed by atoms with van der Waals surface area (Å²) in [4.78, 5) is 26.0. The zero-order chi connectivity index (χ0) is 42.3. The second-order valence-electron chi connectivity index (χ2n) is 15.2. The topological polar surface area (TPSA) is 74.3 Å². The molecule has 11 aromatic rings. The first-order valence-corrected chi connectivity index (χ1v) is 21.0. The lowest BCUT2D eigenvalue weighted by molar-refractivity contribution is 1.05. The first-order chi connectivity index (χ1) is 31.2. The number of para-hydroxylation sites is 5. The van der Waals surface area contributed by atoms with Crippen molar-refractivity contribution in [1.82, 2.24) is 34.1 Å². The van der Waals surface area contributed by atoms with Crippen LogP contribution in [0.2, 0.25) is 0 Å². The van der Waals surface area contributed by atoms with Gasteiger partial charge in [-0.3, -0.25) is 9.97 Å². The SMILES string of the molecule is C=Cc1c(/C=C\C)c2ccccc2n1-c1c(-c2ccccn2)cccc1-c1nc(-c2ccccc2)nc(-c2cccc(-c3ccccn3)c2-n2c3ccccc3c3ccccc32)n1. The Morgan fingerprint density at radius 1 is 0.429 bits per heavy atom. The molecule has 63 heavy (non-hydrogen) atoms. The van der Waals surface area contributed by atoms with Crippen LogP contribution in [0.4, 0.5) is 0 Å². The van der Waals surface area contributed by atoms with E-state index in [1.165, 1.54) is 0 Å². The van der Waals surface area contributed by atoms with Gasteiger partial charge in [-0.25, -0.2) is 15.0 Å². The molecule has 0 radical (unpaired) electrons. The first kappa shape index (κ1) is 37.4. The molecule has 0 bridgehead atoms. The molecular formula is C56H39N7. The van der Waals surface area contributed by atoms with Crippen LogP contribution in [0.25, 0.3) is 113 Å². The van der Waals surface area contributed by atoms with E-state index in [9.17, 15) is 0 Å². The van der Waals surface area contributed by atoms with Gasteiger partial charge in [-0.15, -0.1) is 0 Å². The summed E-state index contributed by atoms with van der Waals surface area (Å²) in [6, 6.07) is 60.4. The molecule has 0 atom stereocenters. The molecule has 6 aromatic carbocycles. The summed E-state index contributed by atoms with van der Waals surface area (Å²) in [5.74, 6) is 1.60. The van der Waals surface area contributed by atoms with Gasteiger partial charge in [-0.2, -0.15) is 0 Å². The molecule has 0 saturated heterocycles. The predicted octanol–water partition coefficient (Wildman–Crippen LogP) is 13.7. The minimum atomic E-state index is 0.517. The van der Waals surface area contributed by atoms with Crippen molar-refractivity contribution in [1.29, 1.82) is 0 Å². The monoisotopic (exact) mass is 809 g/mol. The van der Waals surface area contributed by atoms with Gasteiger partial charge in [0.25, 0.3) is 0 Å². The van der Waals surface area contributed by atoms with Gasteiger partial charge in [0.1, 0.15) is 0 Å². The highest BCUT2D eigenvalue weighted by Crippen LogP contribution is 2.43. The summed E-state index contributed by atoms with van der Waals surface area (Å²) in [6.07, 6.45) is 9.83. The van der Waals surface area contributed by atoms with E-state index in [-0.39, 0.29) is 0 Å². The second kappa shape index (κ2) is 15.8. The third-order valence-corrected chi connectivity index (χ3v) is 11.6. The summed E-state index contributed by atoms with van der Waals surface area (Å²) in [5, 5.41) is 3.42. The van der Waals surface area contributed by atoms with E-state index >= 15 is 0 Å². The van der Waals surface area contributed by atoms with Gasteiger partial charge in [0, 0.05) is 61.9 Å². The van der Waals surface area contributed by atoms with Crippen LogP contribution in [0, 0.1) is 0 Å². The van der Waals surface area contributed by atoms with Crippen LogP contribution in [0.3, 0.4) is 0 Å². The molecule has 0 unspecified atom stereocenters. The lowest BCUT2D eigenvalue weighted by Crippen LogP contribution is -2.08. The maximum absolute atomic E-state index is 5.53. The third-order valence-electron chi connectivity index (χ3n) is 11.6. The number of fused-ring (bicyclic) bond motifs is 4. The van der Waals surface area contributed by atoms with Gasteiger partial charge >= 0.3 is 0 Å². The Morgan fingerprint density at radius 3 is 1.41 bits per heavy atom. The molecule has 0 aliphatic rings. The zero-order valence-corrected chi connectivity index (χ0v) is 34.5. The number of hydrogen-bond donors (Lipinski definition) is 0. The van der Waals surface area contributed by atoms with Crippen LogP contribution >= 0.6 is 0 Å². The number of aromatic nitrogens is 7. The first-order valence-electron chi connectivity index (χ1n) is 21.0. The Morgan fingerprint density at radius 2 is 0.889 bits per heavy atom. The van der Waals surface area contributed by atoms with E-state index in [1.54, 1.807) is 0 Å². The van der Waals surface area contributed by atoms with Gasteiger partial charge in [0.05, 0.1) is 45.0 Å². The van der Waals surface area contributed by atoms with Crippen LogP contribution < -0.4 is 0 Å². The number of nitrogens with zero attached hydrogens (tertiary/aromatic N) is 7. The highest BCUT2D eigenvalue weighted by molar-refractivity contribution is 6.10. The Balaban J connectivity index is 1.27. The van der Waals surface area contributed by atoms with Crippen molar-refractivity contribution in [3.05, 3.63) is 212 Å². The van der Waals surface area contributed by atoms with Crippen molar-refractivity contribution in [3.63, 3.8) is 0 Å². The predicted molar refractivity (Wildman–Crippen MR) is 259 cm³/mol. The molecule has 5 aromatic heterocycles. The molecule has 5 heterocycles. The van der Waals surface area contributed by atoms with Crippen molar-refractivity contribution in [2.75, 3.05) is 0 Å². The highest BCUT2D eigenvalue weighted by atomic mass is 15.1. The number of pyridine rings is 2. The quantitative estimate of drug-likeness (QED) is 0.145. The normalized spacial score (nSPS) is 11.6. The molecule has 0 fully saturated rings. The van der Waals surface area contributed by atoms with Gasteiger partial charge in [0.2, 0.25) is 0 Å². The summed E-state index contributed by atoms with van der Waals surface area (Å²) < 4.78 is 4.63. The molecule has 7 heteroatoms. The van der Waals surface area contributed by atoms with E-state index in [2.05, 4.69) is 143 Å². The lowest BCUT2D eigenvalue weighted by Gasteiger charge is -2.20. The summed E-state index contributed by atoms with van der Waals surface area (Å²) >= 11 is 0. The molecular weight excluding hydrogens is 771 g/mol. The molecule has 298 valence electrons. The van der Waals surface area contributed by atoms with E-state index in [0.29, 0.717) is 17.5 Å². The summed E-state index contributed by atoms with van der Waals surface area (Å²) in [5.41, 5.74) is 13.1. The fourth-order valence-electron chi connectivity index (χ4n) is 8.95. The van der Waals surface area contributed by atoms with E-state index in [4.69, 9.17) is 24.9 Å². The maximum Gasteiger partial charge on any atom is 0.166 e. The van der Waals surface area contributed by atoms with Crippen molar-refractivity contribution in [2.24, 2.45) is 0 Å². The lowest BCUT2D eigenvalue weighted by atomic mass is 10.0. The summed E-state index contributed by atoms with van der Waals surface area (Å²) in [7, 11) is 0. The average molecular weight is 810 g/mol. The Hall–Kier alpha value is -8.55. The minimum absolute atomic E-state index is 0.517. The van der Waals surface area contributed by atoms with E-state index in [1.807, 2.05) is 86.1 Å². The fourth-order valence-corrected chi connectivity index (χ4v) is 8.95. The summed E-state index contributed by atoms with van der Waals surface area (Å²) in [6.45, 7) is 6.40. The number of rotatable bonds is 9. The zero-order valence-electron chi connectivity index (χ0n) is 34.5. The number of allylic oxidation sites excluding steroid dienone is 1. The van der Waals surface area contributed by atoms with Crippen LogP contribution in [-0.2, 0) is 0 Å². The largest absolute Gasteiger partial charge is 0.308 e. The van der Waals surface area contributed by atoms with Gasteiger partial charge in [-0.05, 0) is 67.6 Å². The maximum atomic E-state index is 5.53. The minimum Gasteiger partial charge on any atom is -0.308 e. The van der Waals surface area contributed by atoms with E-state index < -0.39 is 0 Å². The molecule has 0 aliphatic carbocycles. The third kappa shape index (κ3) is 6.33. The molecule has 0 N–H and O–H groups in total. The van der Waals surface area contributed by atoms with Crippen molar-refractivity contribution in [2.45, 2.75) is 6.92 Å². The molecule has 7 nitrogen and oxygen atoms in total.